The molecule has 0 spiro atoms. The quantitative estimate of drug-likeness (QED) is 0.841. The van der Waals surface area contributed by atoms with Gasteiger partial charge in [-0.2, -0.15) is 0 Å². The molecule has 1 fully saturated rings. The lowest BCUT2D eigenvalue weighted by Gasteiger charge is -2.27. The van der Waals surface area contributed by atoms with Crippen LogP contribution in [0.4, 0.5) is 0 Å². The van der Waals surface area contributed by atoms with Crippen molar-refractivity contribution in [2.75, 3.05) is 6.61 Å². The Morgan fingerprint density at radius 3 is 2.24 bits per heavy atom. The lowest BCUT2D eigenvalue weighted by molar-refractivity contribution is -0.148. The predicted molar refractivity (Wildman–Crippen MR) is 94.7 cm³/mol. The van der Waals surface area contributed by atoms with Gasteiger partial charge in [0.25, 0.3) is 0 Å². The molecule has 2 aromatic rings. The highest BCUT2D eigenvalue weighted by Crippen LogP contribution is 2.28. The summed E-state index contributed by atoms with van der Waals surface area (Å²) in [6.07, 6.45) is 0.267. The Morgan fingerprint density at radius 1 is 1.04 bits per heavy atom. The van der Waals surface area contributed by atoms with E-state index in [-0.39, 0.29) is 31.0 Å². The fourth-order valence-electron chi connectivity index (χ4n) is 3.15. The van der Waals surface area contributed by atoms with Gasteiger partial charge in [-0.3, -0.25) is 4.79 Å². The van der Waals surface area contributed by atoms with Crippen LogP contribution in [-0.2, 0) is 14.3 Å². The standard InChI is InChI=1S/C20H22N2O3/c1-2-25-20(24)19-18(15-11-7-4-8-12-15)21-16(13-17(23)22-19)14-9-5-3-6-10-14/h3-12,16,18-19,21H,2,13H2,1H3,(H,22,23)/t16-,18-,19+/m0/s1. The van der Waals surface area contributed by atoms with Gasteiger partial charge in [-0.25, -0.2) is 4.79 Å². The first-order valence-corrected chi connectivity index (χ1v) is 8.51. The molecule has 130 valence electrons. The first-order chi connectivity index (χ1) is 12.2. The fourth-order valence-corrected chi connectivity index (χ4v) is 3.15. The van der Waals surface area contributed by atoms with E-state index in [9.17, 15) is 9.59 Å². The van der Waals surface area contributed by atoms with Crippen molar-refractivity contribution >= 4 is 11.9 Å². The van der Waals surface area contributed by atoms with Gasteiger partial charge in [-0.05, 0) is 18.1 Å². The average molecular weight is 338 g/mol. The van der Waals surface area contributed by atoms with Crippen LogP contribution in [0.15, 0.2) is 60.7 Å². The van der Waals surface area contributed by atoms with Gasteiger partial charge >= 0.3 is 5.97 Å². The first-order valence-electron chi connectivity index (χ1n) is 8.51. The predicted octanol–water partition coefficient (Wildman–Crippen LogP) is 2.51. The molecule has 5 heteroatoms. The minimum absolute atomic E-state index is 0.169. The molecule has 0 saturated carbocycles. The lowest BCUT2D eigenvalue weighted by Crippen LogP contribution is -2.47. The van der Waals surface area contributed by atoms with Gasteiger partial charge in [0.15, 0.2) is 0 Å². The molecular formula is C20H22N2O3. The summed E-state index contributed by atoms with van der Waals surface area (Å²) in [5.41, 5.74) is 1.95. The molecule has 2 aromatic carbocycles. The molecule has 0 aromatic heterocycles. The van der Waals surface area contributed by atoms with Gasteiger partial charge in [0.2, 0.25) is 5.91 Å². The fraction of sp³-hybridized carbons (Fsp3) is 0.300. The number of nitrogens with one attached hydrogen (secondary N) is 2. The molecule has 1 aliphatic heterocycles. The van der Waals surface area contributed by atoms with Gasteiger partial charge in [0.05, 0.1) is 12.6 Å². The largest absolute Gasteiger partial charge is 0.464 e. The van der Waals surface area contributed by atoms with E-state index in [2.05, 4.69) is 10.6 Å². The minimum Gasteiger partial charge on any atom is -0.464 e. The van der Waals surface area contributed by atoms with Crippen molar-refractivity contribution < 1.29 is 14.3 Å². The lowest BCUT2D eigenvalue weighted by atomic mass is 9.97. The van der Waals surface area contributed by atoms with Crippen LogP contribution in [0.1, 0.15) is 36.6 Å². The van der Waals surface area contributed by atoms with Crippen molar-refractivity contribution in [3.63, 3.8) is 0 Å². The molecule has 1 heterocycles. The summed E-state index contributed by atoms with van der Waals surface area (Å²) < 4.78 is 5.18. The van der Waals surface area contributed by atoms with Gasteiger partial charge in [0, 0.05) is 12.5 Å². The maximum Gasteiger partial charge on any atom is 0.330 e. The molecule has 25 heavy (non-hydrogen) atoms. The van der Waals surface area contributed by atoms with Crippen LogP contribution in [0, 0.1) is 0 Å². The van der Waals surface area contributed by atoms with Crippen LogP contribution >= 0.6 is 0 Å². The van der Waals surface area contributed by atoms with Crippen molar-refractivity contribution in [3.05, 3.63) is 71.8 Å². The van der Waals surface area contributed by atoms with Crippen molar-refractivity contribution in [2.24, 2.45) is 0 Å². The Labute approximate surface area is 147 Å². The Bertz CT molecular complexity index is 718. The van der Waals surface area contributed by atoms with Crippen LogP contribution in [0.3, 0.4) is 0 Å². The molecule has 1 saturated heterocycles. The topological polar surface area (TPSA) is 67.4 Å². The second-order valence-electron chi connectivity index (χ2n) is 6.02. The van der Waals surface area contributed by atoms with E-state index in [1.54, 1.807) is 6.92 Å². The second kappa shape index (κ2) is 7.94. The Balaban J connectivity index is 1.96. The number of amides is 1. The zero-order valence-electron chi connectivity index (χ0n) is 14.1. The van der Waals surface area contributed by atoms with E-state index in [1.165, 1.54) is 0 Å². The number of benzene rings is 2. The van der Waals surface area contributed by atoms with Crippen molar-refractivity contribution in [3.8, 4) is 0 Å². The van der Waals surface area contributed by atoms with Gasteiger partial charge < -0.3 is 15.4 Å². The summed E-state index contributed by atoms with van der Waals surface area (Å²) in [6.45, 7) is 2.03. The first kappa shape index (κ1) is 17.2. The number of esters is 1. The normalized spacial score (nSPS) is 23.4. The maximum atomic E-state index is 12.4. The monoisotopic (exact) mass is 338 g/mol. The van der Waals surface area contributed by atoms with Gasteiger partial charge in [-0.1, -0.05) is 60.7 Å². The zero-order chi connectivity index (χ0) is 17.6. The third-order valence-corrected chi connectivity index (χ3v) is 4.32. The van der Waals surface area contributed by atoms with Crippen LogP contribution in [0.25, 0.3) is 0 Å². The van der Waals surface area contributed by atoms with E-state index in [1.807, 2.05) is 60.7 Å². The molecule has 2 N–H and O–H groups in total. The summed E-state index contributed by atoms with van der Waals surface area (Å²) in [5.74, 6) is -0.594. The number of hydrogen-bond acceptors (Lipinski definition) is 4. The molecule has 3 atom stereocenters. The maximum absolute atomic E-state index is 12.4. The van der Waals surface area contributed by atoms with E-state index in [4.69, 9.17) is 4.74 Å². The zero-order valence-corrected chi connectivity index (χ0v) is 14.1. The number of carbonyl (C=O) groups excluding carboxylic acids is 2. The highest BCUT2D eigenvalue weighted by molar-refractivity contribution is 5.86. The number of carbonyl (C=O) groups is 2. The molecule has 0 unspecified atom stereocenters. The second-order valence-corrected chi connectivity index (χ2v) is 6.02. The van der Waals surface area contributed by atoms with E-state index in [0.717, 1.165) is 11.1 Å². The molecule has 3 rings (SSSR count). The summed E-state index contributed by atoms with van der Waals surface area (Å²) in [5, 5.41) is 6.32. The number of hydrogen-bond donors (Lipinski definition) is 2. The molecule has 1 aliphatic rings. The Morgan fingerprint density at radius 2 is 1.64 bits per heavy atom. The van der Waals surface area contributed by atoms with Crippen molar-refractivity contribution in [1.82, 2.24) is 10.6 Å². The van der Waals surface area contributed by atoms with Crippen LogP contribution in [-0.4, -0.2) is 24.5 Å². The molecule has 0 aliphatic carbocycles. The van der Waals surface area contributed by atoms with E-state index in [0.29, 0.717) is 0 Å². The number of rotatable bonds is 4. The highest BCUT2D eigenvalue weighted by Gasteiger charge is 2.37. The summed E-state index contributed by atoms with van der Waals surface area (Å²) in [4.78, 5) is 24.9. The Kier molecular flexibility index (Phi) is 5.46. The average Bonchev–Trinajstić information content (AvgIpc) is 2.82. The van der Waals surface area contributed by atoms with E-state index >= 15 is 0 Å². The molecule has 0 bridgehead atoms. The SMILES string of the molecule is CCOC(=O)[C@@H]1NC(=O)C[C@@H](c2ccccc2)N[C@H]1c1ccccc1. The van der Waals surface area contributed by atoms with Crippen molar-refractivity contribution in [1.29, 1.82) is 0 Å². The summed E-state index contributed by atoms with van der Waals surface area (Å²) in [7, 11) is 0. The van der Waals surface area contributed by atoms with Gasteiger partial charge in [-0.15, -0.1) is 0 Å². The summed E-state index contributed by atoms with van der Waals surface area (Å²) >= 11 is 0. The van der Waals surface area contributed by atoms with Crippen LogP contribution in [0.2, 0.25) is 0 Å². The van der Waals surface area contributed by atoms with Crippen LogP contribution < -0.4 is 10.6 Å². The highest BCUT2D eigenvalue weighted by atomic mass is 16.5. The molecule has 0 radical (unpaired) electrons. The minimum atomic E-state index is -0.761. The van der Waals surface area contributed by atoms with Crippen molar-refractivity contribution in [2.45, 2.75) is 31.5 Å². The smallest absolute Gasteiger partial charge is 0.330 e. The summed E-state index contributed by atoms with van der Waals surface area (Å²) in [6, 6.07) is 18.2. The number of ether oxygens (including phenoxy) is 1. The third kappa shape index (κ3) is 4.06. The Hall–Kier alpha value is -2.66. The third-order valence-electron chi connectivity index (χ3n) is 4.32. The molecule has 5 nitrogen and oxygen atoms in total. The van der Waals surface area contributed by atoms with Gasteiger partial charge in [0.1, 0.15) is 6.04 Å². The van der Waals surface area contributed by atoms with E-state index < -0.39 is 12.0 Å². The molecular weight excluding hydrogens is 316 g/mol. The molecule has 1 amide bonds. The van der Waals surface area contributed by atoms with Crippen LogP contribution in [0.5, 0.6) is 0 Å².